The Bertz CT molecular complexity index is 469. The van der Waals surface area contributed by atoms with Crippen molar-refractivity contribution in [3.8, 4) is 0 Å². The third-order valence-electron chi connectivity index (χ3n) is 4.21. The molecule has 20 heavy (non-hydrogen) atoms. The first-order valence-corrected chi connectivity index (χ1v) is 7.47. The number of nitrogen functional groups attached to an aromatic ring is 1. The van der Waals surface area contributed by atoms with Gasteiger partial charge in [0.2, 0.25) is 5.91 Å². The zero-order valence-electron chi connectivity index (χ0n) is 12.5. The van der Waals surface area contributed by atoms with Crippen molar-refractivity contribution in [1.82, 2.24) is 4.90 Å². The van der Waals surface area contributed by atoms with Crippen LogP contribution < -0.4 is 11.1 Å². The molecule has 0 aromatic heterocycles. The quantitative estimate of drug-likeness (QED) is 0.785. The van der Waals surface area contributed by atoms with E-state index in [1.807, 2.05) is 25.1 Å². The largest absolute Gasteiger partial charge is 0.398 e. The molecule has 0 saturated heterocycles. The number of hydrogen-bond acceptors (Lipinski definition) is 3. The Kier molecular flexibility index (Phi) is 5.01. The van der Waals surface area contributed by atoms with Gasteiger partial charge in [-0.25, -0.2) is 0 Å². The number of hydrogen-bond donors (Lipinski definition) is 2. The van der Waals surface area contributed by atoms with Crippen LogP contribution in [0.5, 0.6) is 0 Å². The topological polar surface area (TPSA) is 58.4 Å². The van der Waals surface area contributed by atoms with E-state index in [2.05, 4.69) is 17.1 Å². The lowest BCUT2D eigenvalue weighted by molar-refractivity contribution is -0.117. The van der Waals surface area contributed by atoms with Crippen LogP contribution >= 0.6 is 0 Å². The van der Waals surface area contributed by atoms with E-state index in [-0.39, 0.29) is 5.91 Å². The van der Waals surface area contributed by atoms with Crippen LogP contribution in [-0.4, -0.2) is 30.4 Å². The Labute approximate surface area is 121 Å². The van der Waals surface area contributed by atoms with E-state index in [1.165, 1.54) is 19.3 Å². The predicted molar refractivity (Wildman–Crippen MR) is 83.7 cm³/mol. The van der Waals surface area contributed by atoms with Crippen molar-refractivity contribution in [3.63, 3.8) is 0 Å². The van der Waals surface area contributed by atoms with Gasteiger partial charge in [0, 0.05) is 17.9 Å². The van der Waals surface area contributed by atoms with Gasteiger partial charge < -0.3 is 11.1 Å². The second-order valence-corrected chi connectivity index (χ2v) is 5.69. The van der Waals surface area contributed by atoms with Crippen LogP contribution in [0, 0.1) is 12.8 Å². The van der Waals surface area contributed by atoms with Gasteiger partial charge in [-0.15, -0.1) is 0 Å². The molecule has 0 bridgehead atoms. The van der Waals surface area contributed by atoms with Crippen molar-refractivity contribution in [2.75, 3.05) is 30.7 Å². The molecule has 0 spiro atoms. The van der Waals surface area contributed by atoms with Crippen molar-refractivity contribution >= 4 is 17.3 Å². The number of anilines is 2. The van der Waals surface area contributed by atoms with E-state index < -0.39 is 0 Å². The molecular formula is C16H25N3O. The first kappa shape index (κ1) is 14.9. The van der Waals surface area contributed by atoms with E-state index in [9.17, 15) is 4.79 Å². The normalized spacial score (nSPS) is 15.2. The third kappa shape index (κ3) is 3.73. The molecule has 4 nitrogen and oxygen atoms in total. The fourth-order valence-electron chi connectivity index (χ4n) is 2.53. The van der Waals surface area contributed by atoms with Gasteiger partial charge in [-0.05, 0) is 49.9 Å². The SMILES string of the molecule is CCN(CC(=O)Nc1cccc(N)c1C)CC1CCC1. The highest BCUT2D eigenvalue weighted by Crippen LogP contribution is 2.27. The number of amides is 1. The lowest BCUT2D eigenvalue weighted by Gasteiger charge is -2.31. The molecule has 1 aromatic rings. The van der Waals surface area contributed by atoms with Crippen LogP contribution in [0.2, 0.25) is 0 Å². The average Bonchev–Trinajstić information content (AvgIpc) is 2.37. The molecule has 1 fully saturated rings. The maximum atomic E-state index is 12.1. The zero-order chi connectivity index (χ0) is 14.5. The number of benzene rings is 1. The Hall–Kier alpha value is -1.55. The van der Waals surface area contributed by atoms with Crippen LogP contribution in [0.4, 0.5) is 11.4 Å². The lowest BCUT2D eigenvalue weighted by Crippen LogP contribution is -2.38. The number of likely N-dealkylation sites (N-methyl/N-ethyl adjacent to an activating group) is 1. The summed E-state index contributed by atoms with van der Waals surface area (Å²) in [6.07, 6.45) is 3.97. The van der Waals surface area contributed by atoms with Gasteiger partial charge in [0.15, 0.2) is 0 Å². The Morgan fingerprint density at radius 3 is 2.80 bits per heavy atom. The van der Waals surface area contributed by atoms with Crippen LogP contribution in [0.3, 0.4) is 0 Å². The second-order valence-electron chi connectivity index (χ2n) is 5.69. The van der Waals surface area contributed by atoms with Gasteiger partial charge in [-0.3, -0.25) is 9.69 Å². The van der Waals surface area contributed by atoms with Crippen LogP contribution in [-0.2, 0) is 4.79 Å². The number of carbonyl (C=O) groups excluding carboxylic acids is 1. The first-order valence-electron chi connectivity index (χ1n) is 7.47. The third-order valence-corrected chi connectivity index (χ3v) is 4.21. The summed E-state index contributed by atoms with van der Waals surface area (Å²) in [6.45, 7) is 6.45. The molecular weight excluding hydrogens is 250 g/mol. The monoisotopic (exact) mass is 275 g/mol. The zero-order valence-corrected chi connectivity index (χ0v) is 12.5. The van der Waals surface area contributed by atoms with E-state index in [4.69, 9.17) is 5.73 Å². The fraction of sp³-hybridized carbons (Fsp3) is 0.562. The van der Waals surface area contributed by atoms with E-state index in [1.54, 1.807) is 0 Å². The Balaban J connectivity index is 1.88. The standard InChI is InChI=1S/C16H25N3O/c1-3-19(10-13-6-4-7-13)11-16(20)18-15-9-5-8-14(17)12(15)2/h5,8-9,13H,3-4,6-7,10-11,17H2,1-2H3,(H,18,20). The molecule has 1 amide bonds. The summed E-state index contributed by atoms with van der Waals surface area (Å²) >= 11 is 0. The number of nitrogens with zero attached hydrogens (tertiary/aromatic N) is 1. The van der Waals surface area contributed by atoms with Crippen molar-refractivity contribution in [1.29, 1.82) is 0 Å². The van der Waals surface area contributed by atoms with Gasteiger partial charge in [0.1, 0.15) is 0 Å². The van der Waals surface area contributed by atoms with Gasteiger partial charge in [0.05, 0.1) is 6.54 Å². The van der Waals surface area contributed by atoms with Gasteiger partial charge in [-0.1, -0.05) is 19.4 Å². The molecule has 1 aliphatic carbocycles. The Morgan fingerprint density at radius 2 is 2.20 bits per heavy atom. The smallest absolute Gasteiger partial charge is 0.238 e. The van der Waals surface area contributed by atoms with Crippen molar-refractivity contribution in [2.24, 2.45) is 5.92 Å². The first-order chi connectivity index (χ1) is 9.60. The van der Waals surface area contributed by atoms with Crippen molar-refractivity contribution in [2.45, 2.75) is 33.1 Å². The molecule has 1 aliphatic rings. The highest BCUT2D eigenvalue weighted by atomic mass is 16.2. The summed E-state index contributed by atoms with van der Waals surface area (Å²) in [6, 6.07) is 5.61. The summed E-state index contributed by atoms with van der Waals surface area (Å²) in [5, 5.41) is 2.96. The highest BCUT2D eigenvalue weighted by molar-refractivity contribution is 5.93. The molecule has 0 radical (unpaired) electrons. The Morgan fingerprint density at radius 1 is 1.45 bits per heavy atom. The summed E-state index contributed by atoms with van der Waals surface area (Å²) < 4.78 is 0. The molecule has 2 rings (SSSR count). The number of nitrogens with two attached hydrogens (primary N) is 1. The molecule has 1 aromatic carbocycles. The van der Waals surface area contributed by atoms with Gasteiger partial charge in [0.25, 0.3) is 0 Å². The molecule has 3 N–H and O–H groups in total. The molecule has 0 unspecified atom stereocenters. The predicted octanol–water partition coefficient (Wildman–Crippen LogP) is 2.64. The maximum Gasteiger partial charge on any atom is 0.238 e. The minimum absolute atomic E-state index is 0.0415. The number of carbonyl (C=O) groups is 1. The number of nitrogens with one attached hydrogen (secondary N) is 1. The van der Waals surface area contributed by atoms with E-state index in [0.717, 1.165) is 30.3 Å². The summed E-state index contributed by atoms with van der Waals surface area (Å²) in [7, 11) is 0. The van der Waals surface area contributed by atoms with Gasteiger partial charge in [-0.2, -0.15) is 0 Å². The fourth-order valence-corrected chi connectivity index (χ4v) is 2.53. The molecule has 4 heteroatoms. The van der Waals surface area contributed by atoms with Crippen LogP contribution in [0.15, 0.2) is 18.2 Å². The average molecular weight is 275 g/mol. The molecule has 0 aliphatic heterocycles. The van der Waals surface area contributed by atoms with Crippen LogP contribution in [0.25, 0.3) is 0 Å². The minimum Gasteiger partial charge on any atom is -0.398 e. The molecule has 110 valence electrons. The van der Waals surface area contributed by atoms with E-state index in [0.29, 0.717) is 12.2 Å². The van der Waals surface area contributed by atoms with Crippen molar-refractivity contribution in [3.05, 3.63) is 23.8 Å². The number of rotatable bonds is 6. The maximum absolute atomic E-state index is 12.1. The summed E-state index contributed by atoms with van der Waals surface area (Å²) in [4.78, 5) is 14.4. The lowest BCUT2D eigenvalue weighted by atomic mass is 9.85. The minimum atomic E-state index is 0.0415. The highest BCUT2D eigenvalue weighted by Gasteiger charge is 2.21. The van der Waals surface area contributed by atoms with Crippen LogP contribution in [0.1, 0.15) is 31.7 Å². The van der Waals surface area contributed by atoms with E-state index >= 15 is 0 Å². The van der Waals surface area contributed by atoms with Gasteiger partial charge >= 0.3 is 0 Å². The summed E-state index contributed by atoms with van der Waals surface area (Å²) in [5.41, 5.74) is 8.31. The second kappa shape index (κ2) is 6.75. The molecule has 0 atom stereocenters. The summed E-state index contributed by atoms with van der Waals surface area (Å²) in [5.74, 6) is 0.830. The molecule has 1 saturated carbocycles. The van der Waals surface area contributed by atoms with Crippen molar-refractivity contribution < 1.29 is 4.79 Å². The molecule has 0 heterocycles.